The van der Waals surface area contributed by atoms with E-state index in [1.165, 1.54) is 0 Å². The molecule has 0 bridgehead atoms. The first kappa shape index (κ1) is 16.2. The van der Waals surface area contributed by atoms with Gasteiger partial charge in [0, 0.05) is 25.0 Å². The minimum atomic E-state index is 0.422. The summed E-state index contributed by atoms with van der Waals surface area (Å²) < 4.78 is 5.31. The lowest BCUT2D eigenvalue weighted by molar-refractivity contribution is 0.128. The standard InChI is InChI=1S/C13H24N4OS/c1-4-17(5-2)7-8-19-13-9-11(14)15-12(16-13)10-18-6-3/h9H,4-8,10H2,1-3H3,(H2,14,15,16). The van der Waals surface area contributed by atoms with Gasteiger partial charge in [-0.1, -0.05) is 13.8 Å². The third kappa shape index (κ3) is 6.22. The Morgan fingerprint density at radius 3 is 2.63 bits per heavy atom. The van der Waals surface area contributed by atoms with E-state index in [1.807, 2.05) is 13.0 Å². The van der Waals surface area contributed by atoms with Gasteiger partial charge in [0.05, 0.1) is 0 Å². The average molecular weight is 284 g/mol. The molecule has 0 aromatic carbocycles. The van der Waals surface area contributed by atoms with Crippen LogP contribution >= 0.6 is 11.8 Å². The van der Waals surface area contributed by atoms with Crippen molar-refractivity contribution >= 4 is 17.6 Å². The molecule has 108 valence electrons. The predicted molar refractivity (Wildman–Crippen MR) is 80.3 cm³/mol. The van der Waals surface area contributed by atoms with Crippen LogP contribution in [-0.2, 0) is 11.3 Å². The maximum atomic E-state index is 5.78. The average Bonchev–Trinajstić information content (AvgIpc) is 2.41. The van der Waals surface area contributed by atoms with Gasteiger partial charge in [-0.05, 0) is 20.0 Å². The van der Waals surface area contributed by atoms with Crippen LogP contribution in [0.25, 0.3) is 0 Å². The van der Waals surface area contributed by atoms with Gasteiger partial charge in [0.1, 0.15) is 17.5 Å². The zero-order valence-corrected chi connectivity index (χ0v) is 12.9. The maximum Gasteiger partial charge on any atom is 0.157 e. The monoisotopic (exact) mass is 284 g/mol. The highest BCUT2D eigenvalue weighted by atomic mass is 32.2. The molecule has 0 atom stereocenters. The summed E-state index contributed by atoms with van der Waals surface area (Å²) in [6.45, 7) is 10.6. The fourth-order valence-corrected chi connectivity index (χ4v) is 2.58. The van der Waals surface area contributed by atoms with Crippen LogP contribution in [-0.4, -0.2) is 46.9 Å². The van der Waals surface area contributed by atoms with E-state index in [-0.39, 0.29) is 0 Å². The predicted octanol–water partition coefficient (Wildman–Crippen LogP) is 2.03. The highest BCUT2D eigenvalue weighted by Crippen LogP contribution is 2.17. The molecule has 0 amide bonds. The second-order valence-electron chi connectivity index (χ2n) is 4.06. The molecule has 0 aliphatic heterocycles. The number of nitrogens with zero attached hydrogens (tertiary/aromatic N) is 3. The quantitative estimate of drug-likeness (QED) is 0.553. The van der Waals surface area contributed by atoms with Gasteiger partial charge in [0.2, 0.25) is 0 Å². The van der Waals surface area contributed by atoms with E-state index < -0.39 is 0 Å². The van der Waals surface area contributed by atoms with Crippen molar-refractivity contribution in [2.75, 3.05) is 37.7 Å². The third-order valence-corrected chi connectivity index (χ3v) is 3.65. The number of nitrogens with two attached hydrogens (primary N) is 1. The minimum absolute atomic E-state index is 0.422. The van der Waals surface area contributed by atoms with Gasteiger partial charge in [0.25, 0.3) is 0 Å². The van der Waals surface area contributed by atoms with Crippen LogP contribution in [0.1, 0.15) is 26.6 Å². The Bertz CT molecular complexity index is 372. The smallest absolute Gasteiger partial charge is 0.157 e. The topological polar surface area (TPSA) is 64.3 Å². The van der Waals surface area contributed by atoms with Crippen LogP contribution in [0.15, 0.2) is 11.1 Å². The molecule has 0 aliphatic carbocycles. The molecule has 0 fully saturated rings. The number of thioether (sulfide) groups is 1. The molecule has 0 radical (unpaired) electrons. The fourth-order valence-electron chi connectivity index (χ4n) is 1.64. The molecule has 0 saturated carbocycles. The van der Waals surface area contributed by atoms with Crippen LogP contribution in [0.2, 0.25) is 0 Å². The van der Waals surface area contributed by atoms with E-state index in [0.717, 1.165) is 30.4 Å². The number of rotatable bonds is 9. The molecule has 1 heterocycles. The van der Waals surface area contributed by atoms with E-state index >= 15 is 0 Å². The fraction of sp³-hybridized carbons (Fsp3) is 0.692. The van der Waals surface area contributed by atoms with Crippen molar-refractivity contribution in [2.24, 2.45) is 0 Å². The first-order valence-corrected chi connectivity index (χ1v) is 7.74. The molecule has 0 spiro atoms. The van der Waals surface area contributed by atoms with Gasteiger partial charge in [0.15, 0.2) is 5.82 Å². The third-order valence-electron chi connectivity index (χ3n) is 2.76. The zero-order valence-electron chi connectivity index (χ0n) is 12.1. The molecule has 1 aromatic rings. The van der Waals surface area contributed by atoms with E-state index in [2.05, 4.69) is 28.7 Å². The van der Waals surface area contributed by atoms with Gasteiger partial charge in [-0.15, -0.1) is 11.8 Å². The van der Waals surface area contributed by atoms with Crippen molar-refractivity contribution < 1.29 is 4.74 Å². The minimum Gasteiger partial charge on any atom is -0.384 e. The van der Waals surface area contributed by atoms with Crippen LogP contribution < -0.4 is 5.73 Å². The molecule has 6 heteroatoms. The molecule has 19 heavy (non-hydrogen) atoms. The molecule has 0 saturated heterocycles. The molecular formula is C13H24N4OS. The Labute approximate surface area is 119 Å². The van der Waals surface area contributed by atoms with E-state index in [4.69, 9.17) is 10.5 Å². The lowest BCUT2D eigenvalue weighted by Crippen LogP contribution is -2.25. The Morgan fingerprint density at radius 2 is 2.00 bits per heavy atom. The van der Waals surface area contributed by atoms with Crippen LogP contribution in [0.3, 0.4) is 0 Å². The summed E-state index contributed by atoms with van der Waals surface area (Å²) in [5.41, 5.74) is 5.78. The van der Waals surface area contributed by atoms with Crippen molar-refractivity contribution in [3.8, 4) is 0 Å². The van der Waals surface area contributed by atoms with Crippen molar-refractivity contribution in [1.82, 2.24) is 14.9 Å². The summed E-state index contributed by atoms with van der Waals surface area (Å²) in [5.74, 6) is 2.17. The van der Waals surface area contributed by atoms with Crippen LogP contribution in [0, 0.1) is 0 Å². The Morgan fingerprint density at radius 1 is 1.26 bits per heavy atom. The van der Waals surface area contributed by atoms with Gasteiger partial charge in [-0.3, -0.25) is 0 Å². The van der Waals surface area contributed by atoms with Crippen molar-refractivity contribution in [1.29, 1.82) is 0 Å². The number of nitrogen functional groups attached to an aromatic ring is 1. The maximum absolute atomic E-state index is 5.78. The summed E-state index contributed by atoms with van der Waals surface area (Å²) in [5, 5.41) is 0.925. The lowest BCUT2D eigenvalue weighted by atomic mass is 10.5. The largest absolute Gasteiger partial charge is 0.384 e. The summed E-state index contributed by atoms with van der Waals surface area (Å²) in [7, 11) is 0. The van der Waals surface area contributed by atoms with Gasteiger partial charge < -0.3 is 15.4 Å². The normalized spacial score (nSPS) is 11.2. The number of aromatic nitrogens is 2. The first-order valence-electron chi connectivity index (χ1n) is 6.75. The molecule has 1 rings (SSSR count). The number of hydrogen-bond donors (Lipinski definition) is 1. The Balaban J connectivity index is 2.50. The highest BCUT2D eigenvalue weighted by molar-refractivity contribution is 7.99. The lowest BCUT2D eigenvalue weighted by Gasteiger charge is -2.17. The summed E-state index contributed by atoms with van der Waals surface area (Å²) in [4.78, 5) is 11.0. The van der Waals surface area contributed by atoms with E-state index in [1.54, 1.807) is 11.8 Å². The van der Waals surface area contributed by atoms with E-state index in [9.17, 15) is 0 Å². The summed E-state index contributed by atoms with van der Waals surface area (Å²) >= 11 is 1.71. The van der Waals surface area contributed by atoms with E-state index in [0.29, 0.717) is 24.9 Å². The molecule has 2 N–H and O–H groups in total. The number of ether oxygens (including phenoxy) is 1. The second kappa shape index (κ2) is 9.12. The first-order chi connectivity index (χ1) is 9.19. The molecule has 5 nitrogen and oxygen atoms in total. The summed E-state index contributed by atoms with van der Waals surface area (Å²) in [6, 6.07) is 1.82. The number of hydrogen-bond acceptors (Lipinski definition) is 6. The van der Waals surface area contributed by atoms with Crippen molar-refractivity contribution in [3.05, 3.63) is 11.9 Å². The van der Waals surface area contributed by atoms with Gasteiger partial charge >= 0.3 is 0 Å². The zero-order chi connectivity index (χ0) is 14.1. The Kier molecular flexibility index (Phi) is 7.78. The Hall–Kier alpha value is -0.850. The van der Waals surface area contributed by atoms with Crippen molar-refractivity contribution in [2.45, 2.75) is 32.4 Å². The van der Waals surface area contributed by atoms with Crippen molar-refractivity contribution in [3.63, 3.8) is 0 Å². The SMILES string of the molecule is CCOCc1nc(N)cc(SCCN(CC)CC)n1. The molecule has 0 aliphatic rings. The molecular weight excluding hydrogens is 260 g/mol. The second-order valence-corrected chi connectivity index (χ2v) is 5.17. The van der Waals surface area contributed by atoms with Crippen LogP contribution in [0.4, 0.5) is 5.82 Å². The van der Waals surface area contributed by atoms with Gasteiger partial charge in [-0.2, -0.15) is 0 Å². The highest BCUT2D eigenvalue weighted by Gasteiger charge is 2.05. The molecule has 0 unspecified atom stereocenters. The number of anilines is 1. The molecule has 1 aromatic heterocycles. The summed E-state index contributed by atoms with van der Waals surface area (Å²) in [6.07, 6.45) is 0. The van der Waals surface area contributed by atoms with Crippen LogP contribution in [0.5, 0.6) is 0 Å². The van der Waals surface area contributed by atoms with Gasteiger partial charge in [-0.25, -0.2) is 9.97 Å².